The lowest BCUT2D eigenvalue weighted by atomic mass is 10.1. The highest BCUT2D eigenvalue weighted by Gasteiger charge is 2.18. The topological polar surface area (TPSA) is 26.3 Å². The van der Waals surface area contributed by atoms with E-state index in [1.165, 1.54) is 14.0 Å². The summed E-state index contributed by atoms with van der Waals surface area (Å²) in [6.45, 7) is 1.34. The van der Waals surface area contributed by atoms with Crippen molar-refractivity contribution in [3.63, 3.8) is 0 Å². The largest absolute Gasteiger partial charge is 0.493 e. The van der Waals surface area contributed by atoms with Crippen LogP contribution in [0.5, 0.6) is 5.75 Å². The molecular weight excluding hydrogens is 270 g/mol. The van der Waals surface area contributed by atoms with Gasteiger partial charge in [0, 0.05) is 12.0 Å². The van der Waals surface area contributed by atoms with Crippen molar-refractivity contribution in [2.24, 2.45) is 0 Å². The number of halogens is 3. The molecule has 0 aliphatic heterocycles. The van der Waals surface area contributed by atoms with Gasteiger partial charge < -0.3 is 4.74 Å². The van der Waals surface area contributed by atoms with E-state index in [2.05, 4.69) is 15.9 Å². The molecule has 0 N–H and O–H groups in total. The Hall–Kier alpha value is -0.970. The van der Waals surface area contributed by atoms with E-state index in [1.54, 1.807) is 0 Å². The average molecular weight is 279 g/mol. The molecule has 0 radical (unpaired) electrons. The van der Waals surface area contributed by atoms with E-state index < -0.39 is 11.6 Å². The van der Waals surface area contributed by atoms with Crippen LogP contribution in [-0.4, -0.2) is 12.9 Å². The summed E-state index contributed by atoms with van der Waals surface area (Å²) in [5.74, 6) is -1.86. The van der Waals surface area contributed by atoms with Gasteiger partial charge >= 0.3 is 0 Å². The molecular formula is C10H9BrF2O2. The van der Waals surface area contributed by atoms with Crippen LogP contribution < -0.4 is 4.74 Å². The SMILES string of the molecule is COc1c(CC(C)=O)cc(F)c(Br)c1F. The van der Waals surface area contributed by atoms with Crippen LogP contribution in [0.2, 0.25) is 0 Å². The Morgan fingerprint density at radius 3 is 2.60 bits per heavy atom. The molecule has 1 aromatic carbocycles. The number of hydrogen-bond donors (Lipinski definition) is 0. The molecule has 2 nitrogen and oxygen atoms in total. The van der Waals surface area contributed by atoms with Crippen LogP contribution in [0, 0.1) is 11.6 Å². The smallest absolute Gasteiger partial charge is 0.182 e. The van der Waals surface area contributed by atoms with Crippen LogP contribution >= 0.6 is 15.9 Å². The van der Waals surface area contributed by atoms with Crippen molar-refractivity contribution in [2.45, 2.75) is 13.3 Å². The first-order chi connectivity index (χ1) is 6.97. The molecule has 0 aromatic heterocycles. The maximum absolute atomic E-state index is 13.5. The van der Waals surface area contributed by atoms with Gasteiger partial charge in [-0.25, -0.2) is 8.78 Å². The Labute approximate surface area is 94.4 Å². The molecule has 82 valence electrons. The van der Waals surface area contributed by atoms with E-state index in [4.69, 9.17) is 4.74 Å². The van der Waals surface area contributed by atoms with E-state index >= 15 is 0 Å². The Balaban J connectivity index is 3.31. The van der Waals surface area contributed by atoms with E-state index in [0.29, 0.717) is 0 Å². The predicted octanol–water partition coefficient (Wildman–Crippen LogP) is 2.87. The van der Waals surface area contributed by atoms with Crippen molar-refractivity contribution >= 4 is 21.7 Å². The highest BCUT2D eigenvalue weighted by Crippen LogP contribution is 2.31. The Kier molecular flexibility index (Phi) is 3.79. The van der Waals surface area contributed by atoms with Crippen molar-refractivity contribution in [1.29, 1.82) is 0 Å². The lowest BCUT2D eigenvalue weighted by Crippen LogP contribution is -2.03. The van der Waals surface area contributed by atoms with Crippen LogP contribution in [0.25, 0.3) is 0 Å². The van der Waals surface area contributed by atoms with Crippen LogP contribution in [0.4, 0.5) is 8.78 Å². The molecule has 1 aromatic rings. The number of rotatable bonds is 3. The van der Waals surface area contributed by atoms with E-state index in [0.717, 1.165) is 6.07 Å². The molecule has 0 fully saturated rings. The lowest BCUT2D eigenvalue weighted by molar-refractivity contribution is -0.116. The van der Waals surface area contributed by atoms with Gasteiger partial charge in [0.25, 0.3) is 0 Å². The van der Waals surface area contributed by atoms with Gasteiger partial charge in [-0.3, -0.25) is 4.79 Å². The van der Waals surface area contributed by atoms with Gasteiger partial charge in [0.15, 0.2) is 11.6 Å². The summed E-state index contributed by atoms with van der Waals surface area (Å²) in [5.41, 5.74) is 0.211. The minimum atomic E-state index is -0.825. The number of ketones is 1. The number of benzene rings is 1. The Bertz CT molecular complexity index is 405. The molecule has 0 unspecified atom stereocenters. The minimum Gasteiger partial charge on any atom is -0.493 e. The molecule has 0 saturated heterocycles. The van der Waals surface area contributed by atoms with Gasteiger partial charge in [-0.1, -0.05) is 0 Å². The molecule has 1 rings (SSSR count). The standard InChI is InChI=1S/C10H9BrF2O2/c1-5(14)3-6-4-7(12)8(11)9(13)10(6)15-2/h4H,3H2,1-2H3. The van der Waals surface area contributed by atoms with Gasteiger partial charge in [-0.15, -0.1) is 0 Å². The maximum atomic E-state index is 13.5. The van der Waals surface area contributed by atoms with Crippen LogP contribution in [-0.2, 0) is 11.2 Å². The zero-order chi connectivity index (χ0) is 11.6. The van der Waals surface area contributed by atoms with Gasteiger partial charge in [0.05, 0.1) is 11.6 Å². The highest BCUT2D eigenvalue weighted by atomic mass is 79.9. The van der Waals surface area contributed by atoms with Gasteiger partial charge in [-0.2, -0.15) is 0 Å². The molecule has 0 bridgehead atoms. The monoisotopic (exact) mass is 278 g/mol. The summed E-state index contributed by atoms with van der Waals surface area (Å²) >= 11 is 2.76. The molecule has 0 aliphatic rings. The summed E-state index contributed by atoms with van der Waals surface area (Å²) in [6.07, 6.45) is -0.0513. The second-order valence-electron chi connectivity index (χ2n) is 3.06. The number of hydrogen-bond acceptors (Lipinski definition) is 2. The van der Waals surface area contributed by atoms with Crippen molar-refractivity contribution in [3.8, 4) is 5.75 Å². The van der Waals surface area contributed by atoms with E-state index in [1.807, 2.05) is 0 Å². The van der Waals surface area contributed by atoms with Crippen LogP contribution in [0.1, 0.15) is 12.5 Å². The summed E-state index contributed by atoms with van der Waals surface area (Å²) < 4.78 is 31.1. The van der Waals surface area contributed by atoms with Crippen molar-refractivity contribution in [2.75, 3.05) is 7.11 Å². The van der Waals surface area contributed by atoms with Gasteiger partial charge in [-0.05, 0) is 28.9 Å². The maximum Gasteiger partial charge on any atom is 0.182 e. The zero-order valence-corrected chi connectivity index (χ0v) is 9.82. The number of carbonyl (C=O) groups is 1. The first-order valence-corrected chi connectivity index (χ1v) is 4.96. The van der Waals surface area contributed by atoms with Crippen LogP contribution in [0.15, 0.2) is 10.5 Å². The lowest BCUT2D eigenvalue weighted by Gasteiger charge is -2.10. The summed E-state index contributed by atoms with van der Waals surface area (Å²) in [4.78, 5) is 10.9. The number of ether oxygens (including phenoxy) is 1. The quantitative estimate of drug-likeness (QED) is 0.795. The summed E-state index contributed by atoms with van der Waals surface area (Å²) in [5, 5.41) is 0. The highest BCUT2D eigenvalue weighted by molar-refractivity contribution is 9.10. The average Bonchev–Trinajstić information content (AvgIpc) is 2.14. The molecule has 0 atom stereocenters. The fourth-order valence-corrected chi connectivity index (χ4v) is 1.54. The van der Waals surface area contributed by atoms with Crippen molar-refractivity contribution in [1.82, 2.24) is 0 Å². The number of methoxy groups -OCH3 is 1. The molecule has 0 saturated carbocycles. The fourth-order valence-electron chi connectivity index (χ4n) is 1.25. The minimum absolute atomic E-state index is 0.0513. The third kappa shape index (κ3) is 2.53. The van der Waals surface area contributed by atoms with Gasteiger partial charge in [0.2, 0.25) is 0 Å². The summed E-state index contributed by atoms with van der Waals surface area (Å²) in [6, 6.07) is 1.09. The Morgan fingerprint density at radius 2 is 2.13 bits per heavy atom. The second-order valence-corrected chi connectivity index (χ2v) is 3.85. The molecule has 0 aliphatic carbocycles. The van der Waals surface area contributed by atoms with Crippen molar-refractivity contribution < 1.29 is 18.3 Å². The van der Waals surface area contributed by atoms with Crippen molar-refractivity contribution in [3.05, 3.63) is 27.7 Å². The van der Waals surface area contributed by atoms with Gasteiger partial charge in [0.1, 0.15) is 11.6 Å². The first-order valence-electron chi connectivity index (χ1n) is 4.17. The van der Waals surface area contributed by atoms with E-state index in [9.17, 15) is 13.6 Å². The third-order valence-corrected chi connectivity index (χ3v) is 2.56. The van der Waals surface area contributed by atoms with E-state index in [-0.39, 0.29) is 28.0 Å². The molecule has 0 heterocycles. The Morgan fingerprint density at radius 1 is 1.53 bits per heavy atom. The third-order valence-electron chi connectivity index (χ3n) is 1.84. The molecule has 0 spiro atoms. The normalized spacial score (nSPS) is 10.2. The predicted molar refractivity (Wildman–Crippen MR) is 55.0 cm³/mol. The fraction of sp³-hybridized carbons (Fsp3) is 0.300. The molecule has 15 heavy (non-hydrogen) atoms. The second kappa shape index (κ2) is 4.70. The molecule has 5 heteroatoms. The molecule has 0 amide bonds. The first kappa shape index (κ1) is 12.1. The van der Waals surface area contributed by atoms with Crippen LogP contribution in [0.3, 0.4) is 0 Å². The number of Topliss-reactive ketones (excluding diaryl/α,β-unsaturated/α-hetero) is 1. The number of carbonyl (C=O) groups excluding carboxylic acids is 1. The zero-order valence-electron chi connectivity index (χ0n) is 8.23. The summed E-state index contributed by atoms with van der Waals surface area (Å²) in [7, 11) is 1.27.